The third kappa shape index (κ3) is 2.22. The third-order valence-corrected chi connectivity index (χ3v) is 4.90. The van der Waals surface area contributed by atoms with Gasteiger partial charge in [0.2, 0.25) is 0 Å². The van der Waals surface area contributed by atoms with E-state index in [2.05, 4.69) is 20.8 Å². The number of hydrogen-bond acceptors (Lipinski definition) is 0. The number of piperidine rings is 2. The van der Waals surface area contributed by atoms with Gasteiger partial charge in [-0.3, -0.25) is 0 Å². The van der Waals surface area contributed by atoms with Crippen LogP contribution in [0.5, 0.6) is 0 Å². The summed E-state index contributed by atoms with van der Waals surface area (Å²) in [6.07, 6.45) is 8.79. The standard InChI is InChI=1S/C14H27N/c1-4-7-13-11(2)10-12(3)14-8-5-6-9-15(13)14/h11-14H,4-10H2,1-3H3/p+1/t11-,12+,13+,14-/m1/s1. The molecule has 0 aliphatic carbocycles. The Bertz CT molecular complexity index is 202. The summed E-state index contributed by atoms with van der Waals surface area (Å²) in [6, 6.07) is 1.99. The van der Waals surface area contributed by atoms with Crippen LogP contribution < -0.4 is 4.90 Å². The summed E-state index contributed by atoms with van der Waals surface area (Å²) in [5.74, 6) is 1.94. The monoisotopic (exact) mass is 210 g/mol. The van der Waals surface area contributed by atoms with Gasteiger partial charge in [0.1, 0.15) is 0 Å². The second-order valence-electron chi connectivity index (χ2n) is 6.01. The van der Waals surface area contributed by atoms with Crippen molar-refractivity contribution in [2.75, 3.05) is 6.54 Å². The van der Waals surface area contributed by atoms with Crippen molar-refractivity contribution in [3.63, 3.8) is 0 Å². The van der Waals surface area contributed by atoms with E-state index in [1.807, 2.05) is 4.90 Å². The van der Waals surface area contributed by atoms with E-state index in [9.17, 15) is 0 Å². The van der Waals surface area contributed by atoms with Crippen molar-refractivity contribution in [1.29, 1.82) is 0 Å². The molecule has 1 heteroatoms. The van der Waals surface area contributed by atoms with Gasteiger partial charge in [-0.25, -0.2) is 0 Å². The number of quaternary nitrogens is 1. The smallest absolute Gasteiger partial charge is 0.0902 e. The Morgan fingerprint density at radius 1 is 1.13 bits per heavy atom. The molecule has 1 unspecified atom stereocenters. The summed E-state index contributed by atoms with van der Waals surface area (Å²) in [5.41, 5.74) is 0. The molecule has 0 aromatic rings. The SMILES string of the molecule is CCC[C@H]1[C@H](C)C[C@H](C)[C@H]2CCCC[NH+]21. The zero-order valence-electron chi connectivity index (χ0n) is 10.8. The molecule has 0 aromatic heterocycles. The van der Waals surface area contributed by atoms with Crippen LogP contribution in [-0.2, 0) is 0 Å². The summed E-state index contributed by atoms with van der Waals surface area (Å²) < 4.78 is 0. The first-order valence-corrected chi connectivity index (χ1v) is 7.09. The first kappa shape index (κ1) is 11.4. The zero-order valence-corrected chi connectivity index (χ0v) is 10.8. The van der Waals surface area contributed by atoms with Crippen molar-refractivity contribution >= 4 is 0 Å². The fourth-order valence-electron chi connectivity index (χ4n) is 4.24. The van der Waals surface area contributed by atoms with E-state index < -0.39 is 0 Å². The van der Waals surface area contributed by atoms with Crippen LogP contribution in [0.3, 0.4) is 0 Å². The molecular weight excluding hydrogens is 182 g/mol. The fourth-order valence-corrected chi connectivity index (χ4v) is 4.24. The minimum absolute atomic E-state index is 0.962. The van der Waals surface area contributed by atoms with Gasteiger partial charge < -0.3 is 4.90 Å². The first-order chi connectivity index (χ1) is 7.24. The second-order valence-corrected chi connectivity index (χ2v) is 6.01. The Labute approximate surface area is 95.2 Å². The maximum Gasteiger partial charge on any atom is 0.0902 e. The van der Waals surface area contributed by atoms with Gasteiger partial charge in [-0.15, -0.1) is 0 Å². The highest BCUT2D eigenvalue weighted by Crippen LogP contribution is 2.27. The Morgan fingerprint density at radius 2 is 1.93 bits per heavy atom. The molecule has 0 amide bonds. The van der Waals surface area contributed by atoms with Gasteiger partial charge in [0.25, 0.3) is 0 Å². The van der Waals surface area contributed by atoms with E-state index >= 15 is 0 Å². The van der Waals surface area contributed by atoms with Crippen molar-refractivity contribution in [2.24, 2.45) is 11.8 Å². The van der Waals surface area contributed by atoms with Crippen molar-refractivity contribution in [2.45, 2.75) is 71.4 Å². The van der Waals surface area contributed by atoms with Crippen LogP contribution in [0.1, 0.15) is 59.3 Å². The zero-order chi connectivity index (χ0) is 10.8. The molecule has 1 N–H and O–H groups in total. The lowest BCUT2D eigenvalue weighted by Gasteiger charge is -2.48. The van der Waals surface area contributed by atoms with Crippen LogP contribution in [0, 0.1) is 11.8 Å². The topological polar surface area (TPSA) is 4.44 Å². The van der Waals surface area contributed by atoms with Gasteiger partial charge in [-0.1, -0.05) is 27.2 Å². The molecule has 0 spiro atoms. The van der Waals surface area contributed by atoms with E-state index in [4.69, 9.17) is 0 Å². The summed E-state index contributed by atoms with van der Waals surface area (Å²) in [4.78, 5) is 1.98. The normalized spacial score (nSPS) is 46.2. The average molecular weight is 210 g/mol. The van der Waals surface area contributed by atoms with Crippen LogP contribution >= 0.6 is 0 Å². The van der Waals surface area contributed by atoms with E-state index in [0.717, 1.165) is 23.9 Å². The number of rotatable bonds is 2. The van der Waals surface area contributed by atoms with E-state index in [-0.39, 0.29) is 0 Å². The molecule has 0 radical (unpaired) electrons. The predicted molar refractivity (Wildman–Crippen MR) is 65.1 cm³/mol. The Kier molecular flexibility index (Phi) is 3.71. The molecule has 0 saturated carbocycles. The quantitative estimate of drug-likeness (QED) is 0.713. The van der Waals surface area contributed by atoms with Crippen molar-refractivity contribution < 1.29 is 4.90 Å². The van der Waals surface area contributed by atoms with Crippen molar-refractivity contribution in [3.8, 4) is 0 Å². The lowest BCUT2D eigenvalue weighted by Crippen LogP contribution is -3.22. The van der Waals surface area contributed by atoms with E-state index in [1.54, 1.807) is 0 Å². The van der Waals surface area contributed by atoms with Crippen LogP contribution in [0.2, 0.25) is 0 Å². The highest BCUT2D eigenvalue weighted by Gasteiger charge is 2.43. The minimum atomic E-state index is 0.962. The minimum Gasteiger partial charge on any atom is -0.330 e. The largest absolute Gasteiger partial charge is 0.330 e. The predicted octanol–water partition coefficient (Wildman–Crippen LogP) is 2.27. The lowest BCUT2D eigenvalue weighted by molar-refractivity contribution is -0.968. The molecule has 5 atom stereocenters. The van der Waals surface area contributed by atoms with E-state index in [0.29, 0.717) is 0 Å². The van der Waals surface area contributed by atoms with Crippen molar-refractivity contribution in [3.05, 3.63) is 0 Å². The molecule has 2 fully saturated rings. The molecule has 0 aromatic carbocycles. The van der Waals surface area contributed by atoms with Gasteiger partial charge in [0, 0.05) is 11.8 Å². The molecule has 2 aliphatic heterocycles. The van der Waals surface area contributed by atoms with Gasteiger partial charge in [-0.2, -0.15) is 0 Å². The summed E-state index contributed by atoms with van der Waals surface area (Å²) in [5, 5.41) is 0. The molecule has 2 heterocycles. The number of fused-ring (bicyclic) bond motifs is 1. The lowest BCUT2D eigenvalue weighted by atomic mass is 9.75. The number of nitrogens with one attached hydrogen (secondary N) is 1. The van der Waals surface area contributed by atoms with E-state index in [1.165, 1.54) is 45.1 Å². The van der Waals surface area contributed by atoms with Gasteiger partial charge in [0.05, 0.1) is 18.6 Å². The Balaban J connectivity index is 2.08. The van der Waals surface area contributed by atoms with Crippen molar-refractivity contribution in [1.82, 2.24) is 0 Å². The van der Waals surface area contributed by atoms with Gasteiger partial charge >= 0.3 is 0 Å². The molecular formula is C14H28N+. The summed E-state index contributed by atoms with van der Waals surface area (Å²) in [6.45, 7) is 8.80. The molecule has 0 bridgehead atoms. The number of hydrogen-bond donors (Lipinski definition) is 1. The maximum absolute atomic E-state index is 2.49. The van der Waals surface area contributed by atoms with Crippen LogP contribution in [0.15, 0.2) is 0 Å². The Hall–Kier alpha value is -0.0400. The molecule has 2 rings (SSSR count). The summed E-state index contributed by atoms with van der Waals surface area (Å²) >= 11 is 0. The van der Waals surface area contributed by atoms with Gasteiger partial charge in [-0.05, 0) is 32.1 Å². The summed E-state index contributed by atoms with van der Waals surface area (Å²) in [7, 11) is 0. The average Bonchev–Trinajstić information content (AvgIpc) is 2.24. The molecule has 2 saturated heterocycles. The van der Waals surface area contributed by atoms with Gasteiger partial charge in [0.15, 0.2) is 0 Å². The molecule has 15 heavy (non-hydrogen) atoms. The fraction of sp³-hybridized carbons (Fsp3) is 1.00. The van der Waals surface area contributed by atoms with Crippen LogP contribution in [-0.4, -0.2) is 18.6 Å². The third-order valence-electron chi connectivity index (χ3n) is 4.90. The maximum atomic E-state index is 2.49. The second kappa shape index (κ2) is 4.86. The first-order valence-electron chi connectivity index (χ1n) is 7.09. The molecule has 88 valence electrons. The highest BCUT2D eigenvalue weighted by molar-refractivity contribution is 4.80. The van der Waals surface area contributed by atoms with Crippen LogP contribution in [0.25, 0.3) is 0 Å². The highest BCUT2D eigenvalue weighted by atomic mass is 15.2. The molecule has 1 nitrogen and oxygen atoms in total. The van der Waals surface area contributed by atoms with Crippen LogP contribution in [0.4, 0.5) is 0 Å². The Morgan fingerprint density at radius 3 is 2.67 bits per heavy atom. The molecule has 2 aliphatic rings.